The van der Waals surface area contributed by atoms with Gasteiger partial charge in [0.2, 0.25) is 0 Å². The lowest BCUT2D eigenvalue weighted by Gasteiger charge is -2.13. The third kappa shape index (κ3) is 3.00. The zero-order valence-electron chi connectivity index (χ0n) is 15.8. The van der Waals surface area contributed by atoms with Crippen LogP contribution < -0.4 is 0 Å². The maximum Gasteiger partial charge on any atom is 0.131 e. The van der Waals surface area contributed by atoms with E-state index in [4.69, 9.17) is 0 Å². The van der Waals surface area contributed by atoms with Crippen molar-refractivity contribution in [2.24, 2.45) is 0 Å². The van der Waals surface area contributed by atoms with Gasteiger partial charge in [0.1, 0.15) is 5.82 Å². The molecule has 0 unspecified atom stereocenters. The number of fused-ring (bicyclic) bond motifs is 1. The van der Waals surface area contributed by atoms with Crippen LogP contribution in [0.15, 0.2) is 72.8 Å². The topological polar surface area (TPSA) is 28.7 Å². The molecule has 4 rings (SSSR count). The van der Waals surface area contributed by atoms with Gasteiger partial charge < -0.3 is 4.57 Å². The summed E-state index contributed by atoms with van der Waals surface area (Å²) in [5.41, 5.74) is 4.71. The summed E-state index contributed by atoms with van der Waals surface area (Å²) < 4.78 is 16.3. The Labute approximate surface area is 163 Å². The monoisotopic (exact) mass is 366 g/mol. The molecule has 1 aromatic heterocycles. The van der Waals surface area contributed by atoms with Crippen LogP contribution in [0.25, 0.3) is 28.1 Å². The van der Waals surface area contributed by atoms with Crippen molar-refractivity contribution in [2.75, 3.05) is 0 Å². The third-order valence-corrected chi connectivity index (χ3v) is 5.06. The highest BCUT2D eigenvalue weighted by Crippen LogP contribution is 2.29. The number of halogens is 1. The van der Waals surface area contributed by atoms with Crippen LogP contribution in [0.2, 0.25) is 0 Å². The molecule has 0 radical (unpaired) electrons. The molecule has 0 aliphatic heterocycles. The minimum absolute atomic E-state index is 0.316. The number of aromatic nitrogens is 1. The molecule has 0 aliphatic carbocycles. The quantitative estimate of drug-likeness (QED) is 0.383. The predicted octanol–water partition coefficient (Wildman–Crippen LogP) is 6.45. The van der Waals surface area contributed by atoms with Crippen molar-refractivity contribution in [1.29, 1.82) is 5.26 Å². The number of allylic oxidation sites excluding steroid dienone is 1. The van der Waals surface area contributed by atoms with Crippen molar-refractivity contribution in [3.8, 4) is 11.8 Å². The second-order valence-corrected chi connectivity index (χ2v) is 6.81. The molecule has 0 saturated carbocycles. The maximum atomic E-state index is 14.2. The summed E-state index contributed by atoms with van der Waals surface area (Å²) in [7, 11) is 0. The third-order valence-electron chi connectivity index (χ3n) is 5.06. The molecule has 28 heavy (non-hydrogen) atoms. The molecule has 0 N–H and O–H groups in total. The second kappa shape index (κ2) is 7.17. The van der Waals surface area contributed by atoms with Gasteiger partial charge in [0.15, 0.2) is 0 Å². The van der Waals surface area contributed by atoms with Crippen molar-refractivity contribution >= 4 is 22.4 Å². The number of nitrogens with zero attached hydrogens (tertiary/aromatic N) is 2. The van der Waals surface area contributed by atoms with Crippen LogP contribution in [-0.2, 0) is 0 Å². The van der Waals surface area contributed by atoms with Crippen LogP contribution in [0.4, 0.5) is 4.39 Å². The van der Waals surface area contributed by atoms with E-state index in [1.807, 2.05) is 38.1 Å². The number of benzene rings is 3. The normalized spacial score (nSPS) is 11.6. The molecule has 0 bridgehead atoms. The SMILES string of the molecule is Cc1cc(/C=C(/C#N)c2ccccc2F)c(C)n1-c1cccc2ccccc12. The van der Waals surface area contributed by atoms with Gasteiger partial charge in [-0.05, 0) is 49.1 Å². The molecule has 3 aromatic carbocycles. The summed E-state index contributed by atoms with van der Waals surface area (Å²) in [6.45, 7) is 4.07. The summed E-state index contributed by atoms with van der Waals surface area (Å²) in [6.07, 6.45) is 1.77. The van der Waals surface area contributed by atoms with Crippen molar-refractivity contribution in [3.05, 3.63) is 101 Å². The zero-order valence-corrected chi connectivity index (χ0v) is 15.8. The molecule has 0 spiro atoms. The van der Waals surface area contributed by atoms with Crippen LogP contribution in [-0.4, -0.2) is 4.57 Å². The van der Waals surface area contributed by atoms with E-state index >= 15 is 0 Å². The molecule has 0 atom stereocenters. The Morgan fingerprint density at radius 2 is 1.68 bits per heavy atom. The highest BCUT2D eigenvalue weighted by molar-refractivity contribution is 5.92. The molecule has 0 amide bonds. The number of hydrogen-bond donors (Lipinski definition) is 0. The van der Waals surface area contributed by atoms with E-state index < -0.39 is 5.82 Å². The highest BCUT2D eigenvalue weighted by Gasteiger charge is 2.14. The molecular weight excluding hydrogens is 347 g/mol. The molecular formula is C25H19FN2. The smallest absolute Gasteiger partial charge is 0.131 e. The number of aryl methyl sites for hydroxylation is 1. The van der Waals surface area contributed by atoms with Gasteiger partial charge >= 0.3 is 0 Å². The number of rotatable bonds is 3. The summed E-state index contributed by atoms with van der Waals surface area (Å²) in [5, 5.41) is 11.9. The average Bonchev–Trinajstić information content (AvgIpc) is 2.99. The van der Waals surface area contributed by atoms with Gasteiger partial charge in [0.25, 0.3) is 0 Å². The van der Waals surface area contributed by atoms with E-state index in [0.717, 1.165) is 28.0 Å². The summed E-state index contributed by atoms with van der Waals surface area (Å²) in [6, 6.07) is 25.1. The van der Waals surface area contributed by atoms with Gasteiger partial charge in [-0.3, -0.25) is 0 Å². The first-order chi connectivity index (χ1) is 13.6. The molecule has 0 saturated heterocycles. The molecule has 3 heteroatoms. The molecule has 1 heterocycles. The fourth-order valence-corrected chi connectivity index (χ4v) is 3.71. The van der Waals surface area contributed by atoms with E-state index in [0.29, 0.717) is 11.1 Å². The van der Waals surface area contributed by atoms with Gasteiger partial charge in [0, 0.05) is 22.3 Å². The Morgan fingerprint density at radius 1 is 0.964 bits per heavy atom. The van der Waals surface area contributed by atoms with Gasteiger partial charge in [-0.2, -0.15) is 5.26 Å². The molecule has 4 aromatic rings. The Kier molecular flexibility index (Phi) is 4.55. The molecule has 0 fully saturated rings. The van der Waals surface area contributed by atoms with Crippen LogP contribution in [0, 0.1) is 31.0 Å². The standard InChI is InChI=1S/C25H19FN2/c1-17-14-20(15-21(16-27)22-10-5-6-12-24(22)26)18(2)28(17)25-13-7-9-19-8-3-4-11-23(19)25/h3-15H,1-2H3/b21-15-. The van der Waals surface area contributed by atoms with Gasteiger partial charge in [-0.1, -0.05) is 54.6 Å². The van der Waals surface area contributed by atoms with Crippen LogP contribution in [0.1, 0.15) is 22.5 Å². The second-order valence-electron chi connectivity index (χ2n) is 6.81. The summed E-state index contributed by atoms with van der Waals surface area (Å²) >= 11 is 0. The first-order valence-corrected chi connectivity index (χ1v) is 9.14. The lowest BCUT2D eigenvalue weighted by molar-refractivity contribution is 0.624. The fraction of sp³-hybridized carbons (Fsp3) is 0.0800. The molecule has 0 aliphatic rings. The van der Waals surface area contributed by atoms with Gasteiger partial charge in [-0.25, -0.2) is 4.39 Å². The average molecular weight is 366 g/mol. The Morgan fingerprint density at radius 3 is 2.46 bits per heavy atom. The molecule has 136 valence electrons. The van der Waals surface area contributed by atoms with E-state index in [-0.39, 0.29) is 0 Å². The van der Waals surface area contributed by atoms with Crippen molar-refractivity contribution in [3.63, 3.8) is 0 Å². The largest absolute Gasteiger partial charge is 0.317 e. The van der Waals surface area contributed by atoms with E-state index in [1.54, 1.807) is 24.3 Å². The van der Waals surface area contributed by atoms with E-state index in [9.17, 15) is 9.65 Å². The van der Waals surface area contributed by atoms with Gasteiger partial charge in [-0.15, -0.1) is 0 Å². The van der Waals surface area contributed by atoms with Crippen molar-refractivity contribution in [1.82, 2.24) is 4.57 Å². The Hall–Kier alpha value is -3.64. The minimum Gasteiger partial charge on any atom is -0.317 e. The lowest BCUT2D eigenvalue weighted by Crippen LogP contribution is -2.00. The minimum atomic E-state index is -0.391. The Bertz CT molecular complexity index is 1250. The highest BCUT2D eigenvalue weighted by atomic mass is 19.1. The van der Waals surface area contributed by atoms with E-state index in [1.165, 1.54) is 11.5 Å². The summed E-state index contributed by atoms with van der Waals surface area (Å²) in [4.78, 5) is 0. The number of nitriles is 1. The first-order valence-electron chi connectivity index (χ1n) is 9.14. The maximum absolute atomic E-state index is 14.2. The van der Waals surface area contributed by atoms with Crippen molar-refractivity contribution in [2.45, 2.75) is 13.8 Å². The zero-order chi connectivity index (χ0) is 19.7. The van der Waals surface area contributed by atoms with Gasteiger partial charge in [0.05, 0.1) is 17.3 Å². The summed E-state index contributed by atoms with van der Waals surface area (Å²) in [5.74, 6) is -0.391. The number of hydrogen-bond acceptors (Lipinski definition) is 1. The Balaban J connectivity index is 1.89. The van der Waals surface area contributed by atoms with Crippen LogP contribution in [0.3, 0.4) is 0 Å². The molecule has 2 nitrogen and oxygen atoms in total. The lowest BCUT2D eigenvalue weighted by atomic mass is 10.0. The van der Waals surface area contributed by atoms with Crippen molar-refractivity contribution < 1.29 is 4.39 Å². The first kappa shape index (κ1) is 17.8. The van der Waals surface area contributed by atoms with Crippen LogP contribution in [0.5, 0.6) is 0 Å². The predicted molar refractivity (Wildman–Crippen MR) is 113 cm³/mol. The van der Waals surface area contributed by atoms with E-state index in [2.05, 4.69) is 34.9 Å². The fourth-order valence-electron chi connectivity index (χ4n) is 3.71. The van der Waals surface area contributed by atoms with Crippen LogP contribution >= 0.6 is 0 Å².